The van der Waals surface area contributed by atoms with Gasteiger partial charge in [0.1, 0.15) is 5.69 Å². The molecule has 37 heavy (non-hydrogen) atoms. The molecule has 0 radical (unpaired) electrons. The molecule has 3 aromatic heterocycles. The van der Waals surface area contributed by atoms with Gasteiger partial charge in [-0.25, -0.2) is 19.9 Å². The molecule has 0 bridgehead atoms. The smallest absolute Gasteiger partial charge is 0.282 e. The quantitative estimate of drug-likeness (QED) is 0.265. The Hall–Kier alpha value is -3.68. The molecule has 0 unspecified atom stereocenters. The van der Waals surface area contributed by atoms with Crippen LogP contribution in [0, 0.1) is 0 Å². The van der Waals surface area contributed by atoms with E-state index in [-0.39, 0.29) is 34.3 Å². The number of morpholine rings is 1. The van der Waals surface area contributed by atoms with Gasteiger partial charge in [0.05, 0.1) is 19.0 Å². The van der Waals surface area contributed by atoms with Crippen LogP contribution in [0.3, 0.4) is 0 Å². The number of rotatable bonds is 8. The van der Waals surface area contributed by atoms with Crippen molar-refractivity contribution in [2.75, 3.05) is 37.4 Å². The molecule has 1 aromatic carbocycles. The van der Waals surface area contributed by atoms with E-state index >= 15 is 0 Å². The molecule has 1 N–H and O–H groups in total. The number of fused-ring (bicyclic) bond motifs is 1. The van der Waals surface area contributed by atoms with Gasteiger partial charge in [-0.15, -0.1) is 11.3 Å². The predicted octanol–water partition coefficient (Wildman–Crippen LogP) is 2.09. The van der Waals surface area contributed by atoms with Gasteiger partial charge in [-0.2, -0.15) is 0 Å². The van der Waals surface area contributed by atoms with Gasteiger partial charge < -0.3 is 15.0 Å². The summed E-state index contributed by atoms with van der Waals surface area (Å²) in [5, 5.41) is 5.07. The average molecular weight is 538 g/mol. The van der Waals surface area contributed by atoms with Crippen LogP contribution < -0.4 is 10.9 Å². The third kappa shape index (κ3) is 6.01. The summed E-state index contributed by atoms with van der Waals surface area (Å²) >= 11 is 2.32. The summed E-state index contributed by atoms with van der Waals surface area (Å²) in [6.07, 6.45) is 3.55. The van der Waals surface area contributed by atoms with Crippen molar-refractivity contribution in [3.63, 3.8) is 0 Å². The van der Waals surface area contributed by atoms with Crippen LogP contribution in [0.4, 0.5) is 5.13 Å². The topological polar surface area (TPSA) is 132 Å². The lowest BCUT2D eigenvalue weighted by atomic mass is 10.1. The number of ether oxygens (including phenoxy) is 1. The highest BCUT2D eigenvalue weighted by Crippen LogP contribution is 2.20. The lowest BCUT2D eigenvalue weighted by Crippen LogP contribution is -2.40. The van der Waals surface area contributed by atoms with Crippen molar-refractivity contribution in [3.8, 4) is 0 Å². The highest BCUT2D eigenvalue weighted by Gasteiger charge is 2.21. The number of carbonyl (C=O) groups excluding carboxylic acids is 2. The van der Waals surface area contributed by atoms with Crippen LogP contribution in [-0.4, -0.2) is 73.3 Å². The van der Waals surface area contributed by atoms with Crippen LogP contribution >= 0.6 is 23.1 Å². The summed E-state index contributed by atoms with van der Waals surface area (Å²) in [4.78, 5) is 57.2. The Morgan fingerprint density at radius 2 is 1.86 bits per heavy atom. The van der Waals surface area contributed by atoms with Crippen LogP contribution in [0.1, 0.15) is 16.1 Å². The van der Waals surface area contributed by atoms with E-state index < -0.39 is 0 Å². The fourth-order valence-corrected chi connectivity index (χ4v) is 5.28. The van der Waals surface area contributed by atoms with Crippen LogP contribution in [0.2, 0.25) is 0 Å². The number of carbonyl (C=O) groups is 2. The predicted molar refractivity (Wildman–Crippen MR) is 140 cm³/mol. The number of thioether (sulfide) groups is 1. The molecule has 0 atom stereocenters. The molecule has 2 amide bonds. The molecule has 190 valence electrons. The van der Waals surface area contributed by atoms with Gasteiger partial charge in [0.15, 0.2) is 21.5 Å². The van der Waals surface area contributed by atoms with Crippen molar-refractivity contribution in [2.45, 2.75) is 18.1 Å². The minimum atomic E-state index is -0.326. The Balaban J connectivity index is 1.27. The fourth-order valence-electron chi connectivity index (χ4n) is 3.77. The van der Waals surface area contributed by atoms with E-state index in [0.29, 0.717) is 55.3 Å². The largest absolute Gasteiger partial charge is 0.378 e. The monoisotopic (exact) mass is 537 g/mol. The second-order valence-electron chi connectivity index (χ2n) is 8.09. The average Bonchev–Trinajstić information content (AvgIpc) is 3.40. The fraction of sp³-hybridized carbons (Fsp3) is 0.292. The number of hydrogen-bond acceptors (Lipinski definition) is 10. The number of aromatic nitrogens is 5. The van der Waals surface area contributed by atoms with Gasteiger partial charge in [-0.05, 0) is 12.0 Å². The number of nitrogens with zero attached hydrogens (tertiary/aromatic N) is 6. The van der Waals surface area contributed by atoms with E-state index in [1.54, 1.807) is 10.3 Å². The molecule has 0 saturated carbocycles. The molecule has 4 aromatic rings. The van der Waals surface area contributed by atoms with Crippen molar-refractivity contribution in [3.05, 3.63) is 69.7 Å². The van der Waals surface area contributed by atoms with Crippen molar-refractivity contribution < 1.29 is 14.3 Å². The normalized spacial score (nSPS) is 13.6. The van der Waals surface area contributed by atoms with Gasteiger partial charge in [-0.1, -0.05) is 42.1 Å². The molecule has 1 fully saturated rings. The Kier molecular flexibility index (Phi) is 7.82. The molecular formula is C24H23N7O4S2. The SMILES string of the molecule is O=C(CSc1nc2nccnc2c(=O)n1CCc1ccccc1)Nc1nc(C(=O)N2CCOCC2)cs1. The maximum absolute atomic E-state index is 13.2. The van der Waals surface area contributed by atoms with Crippen LogP contribution in [0.25, 0.3) is 11.2 Å². The van der Waals surface area contributed by atoms with E-state index in [9.17, 15) is 14.4 Å². The van der Waals surface area contributed by atoms with Crippen LogP contribution in [0.5, 0.6) is 0 Å². The third-order valence-corrected chi connectivity index (χ3v) is 7.36. The summed E-state index contributed by atoms with van der Waals surface area (Å²) in [5.41, 5.74) is 1.48. The minimum Gasteiger partial charge on any atom is -0.378 e. The molecule has 1 aliphatic heterocycles. The molecule has 5 rings (SSSR count). The summed E-state index contributed by atoms with van der Waals surface area (Å²) < 4.78 is 6.81. The van der Waals surface area contributed by atoms with E-state index in [0.717, 1.165) is 17.3 Å². The second-order valence-corrected chi connectivity index (χ2v) is 9.90. The van der Waals surface area contributed by atoms with E-state index in [4.69, 9.17) is 4.74 Å². The summed E-state index contributed by atoms with van der Waals surface area (Å²) in [7, 11) is 0. The van der Waals surface area contributed by atoms with Gasteiger partial charge in [0, 0.05) is 37.4 Å². The highest BCUT2D eigenvalue weighted by atomic mass is 32.2. The molecule has 1 saturated heterocycles. The summed E-state index contributed by atoms with van der Waals surface area (Å²) in [5.74, 6) is -0.512. The molecule has 13 heteroatoms. The maximum Gasteiger partial charge on any atom is 0.282 e. The number of thiazole rings is 1. The van der Waals surface area contributed by atoms with E-state index in [1.165, 1.54) is 28.3 Å². The van der Waals surface area contributed by atoms with E-state index in [1.807, 2.05) is 30.3 Å². The van der Waals surface area contributed by atoms with Gasteiger partial charge in [0.25, 0.3) is 11.5 Å². The zero-order valence-electron chi connectivity index (χ0n) is 19.7. The summed E-state index contributed by atoms with van der Waals surface area (Å²) in [6.45, 7) is 2.42. The standard InChI is InChI=1S/C24H23N7O4S2/c32-18(28-23-27-17(14-36-23)21(33)30-10-12-35-13-11-30)15-37-24-29-20-19(25-7-8-26-20)22(34)31(24)9-6-16-4-2-1-3-5-16/h1-5,7-8,14H,6,9-13,15H2,(H,27,28,32). The van der Waals surface area contributed by atoms with E-state index in [2.05, 4.69) is 25.3 Å². The van der Waals surface area contributed by atoms with Gasteiger partial charge in [0.2, 0.25) is 5.91 Å². The molecule has 0 aliphatic carbocycles. The van der Waals surface area contributed by atoms with Crippen molar-refractivity contribution >= 4 is 51.2 Å². The second kappa shape index (κ2) is 11.6. The van der Waals surface area contributed by atoms with Gasteiger partial charge in [-0.3, -0.25) is 19.0 Å². The Morgan fingerprint density at radius 1 is 1.08 bits per heavy atom. The number of hydrogen-bond donors (Lipinski definition) is 1. The van der Waals surface area contributed by atoms with Crippen molar-refractivity contribution in [1.82, 2.24) is 29.4 Å². The number of benzene rings is 1. The molecule has 11 nitrogen and oxygen atoms in total. The first-order valence-electron chi connectivity index (χ1n) is 11.6. The highest BCUT2D eigenvalue weighted by molar-refractivity contribution is 7.99. The number of nitrogens with one attached hydrogen (secondary N) is 1. The Labute approximate surface area is 219 Å². The zero-order chi connectivity index (χ0) is 25.6. The maximum atomic E-state index is 13.2. The first-order valence-corrected chi connectivity index (χ1v) is 13.5. The van der Waals surface area contributed by atoms with Crippen LogP contribution in [-0.2, 0) is 22.5 Å². The van der Waals surface area contributed by atoms with Crippen LogP contribution in [0.15, 0.2) is 58.1 Å². The first kappa shape index (κ1) is 25.0. The molecule has 1 aliphatic rings. The Bertz CT molecular complexity index is 1470. The van der Waals surface area contributed by atoms with Gasteiger partial charge >= 0.3 is 0 Å². The van der Waals surface area contributed by atoms with Crippen molar-refractivity contribution in [1.29, 1.82) is 0 Å². The zero-order valence-corrected chi connectivity index (χ0v) is 21.3. The van der Waals surface area contributed by atoms with Crippen molar-refractivity contribution in [2.24, 2.45) is 0 Å². The summed E-state index contributed by atoms with van der Waals surface area (Å²) in [6, 6.07) is 9.81. The molecular weight excluding hydrogens is 514 g/mol. The Morgan fingerprint density at radius 3 is 2.68 bits per heavy atom. The number of amides is 2. The minimum absolute atomic E-state index is 0.00410. The number of aryl methyl sites for hydroxylation is 1. The number of anilines is 1. The lowest BCUT2D eigenvalue weighted by molar-refractivity contribution is -0.113. The molecule has 4 heterocycles. The third-order valence-electron chi connectivity index (χ3n) is 5.63. The lowest BCUT2D eigenvalue weighted by Gasteiger charge is -2.25. The first-order chi connectivity index (χ1) is 18.1. The molecule has 0 spiro atoms.